The first kappa shape index (κ1) is 23.8. The normalized spacial score (nSPS) is 19.1. The molecule has 5 rings (SSSR count). The van der Waals surface area contributed by atoms with Gasteiger partial charge in [0.25, 0.3) is 0 Å². The minimum Gasteiger partial charge on any atom is -0.478 e. The molecule has 2 aromatic carbocycles. The van der Waals surface area contributed by atoms with Crippen molar-refractivity contribution in [2.45, 2.75) is 25.3 Å². The third kappa shape index (κ3) is 5.06. The predicted molar refractivity (Wildman–Crippen MR) is 144 cm³/mol. The summed E-state index contributed by atoms with van der Waals surface area (Å²) in [5, 5.41) is 17.0. The number of aromatic nitrogens is 1. The second-order valence-corrected chi connectivity index (χ2v) is 10.5. The number of anilines is 1. The van der Waals surface area contributed by atoms with Crippen LogP contribution in [-0.4, -0.2) is 35.7 Å². The lowest BCUT2D eigenvalue weighted by atomic mass is 9.80. The summed E-state index contributed by atoms with van der Waals surface area (Å²) < 4.78 is 1.32. The number of hydrogen-bond acceptors (Lipinski definition) is 5. The van der Waals surface area contributed by atoms with E-state index in [0.29, 0.717) is 22.7 Å². The smallest absolute Gasteiger partial charge is 0.337 e. The molecule has 0 spiro atoms. The molecule has 5 nitrogen and oxygen atoms in total. The molecular weight excluding hydrogens is 478 g/mol. The van der Waals surface area contributed by atoms with E-state index in [1.165, 1.54) is 33.5 Å². The molecule has 2 aromatic heterocycles. The van der Waals surface area contributed by atoms with Gasteiger partial charge >= 0.3 is 5.97 Å². The van der Waals surface area contributed by atoms with Gasteiger partial charge in [-0.15, -0.1) is 11.3 Å². The summed E-state index contributed by atoms with van der Waals surface area (Å²) in [4.78, 5) is 17.9. The number of nitrogens with zero attached hydrogens (tertiary/aromatic N) is 2. The number of carboxylic acids is 1. The van der Waals surface area contributed by atoms with Crippen LogP contribution in [0, 0.1) is 5.92 Å². The zero-order chi connectivity index (χ0) is 24.4. The van der Waals surface area contributed by atoms with Gasteiger partial charge in [0.2, 0.25) is 0 Å². The highest BCUT2D eigenvalue weighted by Gasteiger charge is 2.32. The van der Waals surface area contributed by atoms with E-state index in [0.717, 1.165) is 26.1 Å². The van der Waals surface area contributed by atoms with Gasteiger partial charge in [0.05, 0.1) is 10.6 Å². The molecule has 0 bridgehead atoms. The summed E-state index contributed by atoms with van der Waals surface area (Å²) in [6.07, 6.45) is 2.38. The fourth-order valence-corrected chi connectivity index (χ4v) is 6.41. The van der Waals surface area contributed by atoms with E-state index in [2.05, 4.69) is 76.0 Å². The summed E-state index contributed by atoms with van der Waals surface area (Å²) in [6, 6.07) is 21.0. The molecule has 3 atom stereocenters. The average Bonchev–Trinajstić information content (AvgIpc) is 3.32. The fourth-order valence-electron chi connectivity index (χ4n) is 5.07. The first-order chi connectivity index (χ1) is 17.0. The Labute approximate surface area is 214 Å². The van der Waals surface area contributed by atoms with Gasteiger partial charge < -0.3 is 15.3 Å². The zero-order valence-corrected chi connectivity index (χ0v) is 21.1. The standard InChI is InChI=1S/C28H28ClN3O2S/c1-18(24-17-35-26-10-6-5-9-22(24)26)30-14-20-11-12-32(16-23(20)19-7-3-2-4-8-19)27-25(29)13-21(15-31-27)28(33)34/h2-10,13,15,17-18,20,23,30H,11-12,14,16H2,1H3,(H,33,34)/t18-,20?,23?/m1/s1. The molecule has 4 aromatic rings. The van der Waals surface area contributed by atoms with E-state index in [9.17, 15) is 9.90 Å². The number of carbonyl (C=O) groups is 1. The highest BCUT2D eigenvalue weighted by molar-refractivity contribution is 7.17. The van der Waals surface area contributed by atoms with Crippen LogP contribution in [0.4, 0.5) is 5.82 Å². The summed E-state index contributed by atoms with van der Waals surface area (Å²) in [5.41, 5.74) is 2.76. The number of thiophene rings is 1. The quantitative estimate of drug-likeness (QED) is 0.296. The minimum atomic E-state index is -1.02. The van der Waals surface area contributed by atoms with Crippen LogP contribution in [0.1, 0.15) is 46.8 Å². The lowest BCUT2D eigenvalue weighted by Gasteiger charge is -2.40. The van der Waals surface area contributed by atoms with Crippen LogP contribution >= 0.6 is 22.9 Å². The van der Waals surface area contributed by atoms with Gasteiger partial charge in [-0.25, -0.2) is 9.78 Å². The number of fused-ring (bicyclic) bond motifs is 1. The van der Waals surface area contributed by atoms with E-state index in [4.69, 9.17) is 11.6 Å². The zero-order valence-electron chi connectivity index (χ0n) is 19.5. The number of hydrogen-bond donors (Lipinski definition) is 2. The molecule has 2 N–H and O–H groups in total. The highest BCUT2D eigenvalue weighted by atomic mass is 35.5. The number of aromatic carboxylic acids is 1. The van der Waals surface area contributed by atoms with Crippen molar-refractivity contribution in [3.8, 4) is 0 Å². The molecule has 3 heterocycles. The van der Waals surface area contributed by atoms with Gasteiger partial charge in [-0.05, 0) is 59.8 Å². The van der Waals surface area contributed by atoms with Crippen LogP contribution in [0.25, 0.3) is 10.1 Å². The van der Waals surface area contributed by atoms with Crippen molar-refractivity contribution in [3.63, 3.8) is 0 Å². The molecule has 0 saturated carbocycles. The van der Waals surface area contributed by atoms with Crippen LogP contribution in [0.2, 0.25) is 5.02 Å². The minimum absolute atomic E-state index is 0.104. The van der Waals surface area contributed by atoms with Crippen molar-refractivity contribution < 1.29 is 9.90 Å². The van der Waals surface area contributed by atoms with Crippen LogP contribution in [0.3, 0.4) is 0 Å². The van der Waals surface area contributed by atoms with Crippen LogP contribution in [0.15, 0.2) is 72.2 Å². The van der Waals surface area contributed by atoms with E-state index in [1.807, 2.05) is 6.07 Å². The van der Waals surface area contributed by atoms with Gasteiger partial charge in [-0.3, -0.25) is 0 Å². The number of benzene rings is 2. The maximum Gasteiger partial charge on any atom is 0.337 e. The molecule has 7 heteroatoms. The summed E-state index contributed by atoms with van der Waals surface area (Å²) in [5.74, 6) is 0.395. The Morgan fingerprint density at radius 1 is 1.23 bits per heavy atom. The largest absolute Gasteiger partial charge is 0.478 e. The molecule has 0 radical (unpaired) electrons. The Morgan fingerprint density at radius 3 is 2.77 bits per heavy atom. The lowest BCUT2D eigenvalue weighted by molar-refractivity contribution is 0.0696. The van der Waals surface area contributed by atoms with Crippen LogP contribution in [0.5, 0.6) is 0 Å². The average molecular weight is 506 g/mol. The molecule has 1 fully saturated rings. The topological polar surface area (TPSA) is 65.5 Å². The first-order valence-corrected chi connectivity index (χ1v) is 13.1. The van der Waals surface area contributed by atoms with Crippen molar-refractivity contribution in [1.29, 1.82) is 0 Å². The number of rotatable bonds is 7. The molecule has 1 aliphatic rings. The number of carboxylic acid groups (broad SMARTS) is 1. The Kier molecular flexibility index (Phi) is 7.04. The second-order valence-electron chi connectivity index (χ2n) is 9.16. The molecule has 180 valence electrons. The van der Waals surface area contributed by atoms with Gasteiger partial charge in [0.1, 0.15) is 5.82 Å². The highest BCUT2D eigenvalue weighted by Crippen LogP contribution is 2.37. The van der Waals surface area contributed by atoms with Gasteiger partial charge in [-0.1, -0.05) is 60.1 Å². The number of halogens is 1. The Hall–Kier alpha value is -2.93. The third-order valence-corrected chi connectivity index (χ3v) is 8.28. The van der Waals surface area contributed by atoms with Crippen molar-refractivity contribution in [1.82, 2.24) is 10.3 Å². The Morgan fingerprint density at radius 2 is 2.00 bits per heavy atom. The summed E-state index contributed by atoms with van der Waals surface area (Å²) in [7, 11) is 0. The first-order valence-electron chi connectivity index (χ1n) is 11.9. The van der Waals surface area contributed by atoms with Crippen molar-refractivity contribution in [2.24, 2.45) is 5.92 Å². The Balaban J connectivity index is 1.34. The predicted octanol–water partition coefficient (Wildman–Crippen LogP) is 6.61. The van der Waals surface area contributed by atoms with Gasteiger partial charge in [0.15, 0.2) is 0 Å². The lowest BCUT2D eigenvalue weighted by Crippen LogP contribution is -2.43. The maximum atomic E-state index is 11.3. The monoisotopic (exact) mass is 505 g/mol. The van der Waals surface area contributed by atoms with Crippen molar-refractivity contribution in [3.05, 3.63) is 94.0 Å². The van der Waals surface area contributed by atoms with Gasteiger partial charge in [0, 0.05) is 35.9 Å². The molecule has 1 saturated heterocycles. The van der Waals surface area contributed by atoms with E-state index < -0.39 is 5.97 Å². The molecule has 0 aliphatic carbocycles. The van der Waals surface area contributed by atoms with Crippen molar-refractivity contribution >= 4 is 44.8 Å². The molecular formula is C28H28ClN3O2S. The SMILES string of the molecule is C[C@@H](NCC1CCN(c2ncc(C(=O)O)cc2Cl)CC1c1ccccc1)c1csc2ccccc12. The number of piperidine rings is 1. The second kappa shape index (κ2) is 10.4. The fraction of sp³-hybridized carbons (Fsp3) is 0.286. The molecule has 35 heavy (non-hydrogen) atoms. The molecule has 0 amide bonds. The van der Waals surface area contributed by atoms with Gasteiger partial charge in [-0.2, -0.15) is 0 Å². The molecule has 2 unspecified atom stereocenters. The van der Waals surface area contributed by atoms with Crippen molar-refractivity contribution in [2.75, 3.05) is 24.5 Å². The van der Waals surface area contributed by atoms with E-state index in [1.54, 1.807) is 11.3 Å². The van der Waals surface area contributed by atoms with E-state index >= 15 is 0 Å². The van der Waals surface area contributed by atoms with Crippen LogP contribution in [-0.2, 0) is 0 Å². The van der Waals surface area contributed by atoms with Crippen LogP contribution < -0.4 is 10.2 Å². The summed E-state index contributed by atoms with van der Waals surface area (Å²) >= 11 is 8.27. The van der Waals surface area contributed by atoms with E-state index in [-0.39, 0.29) is 11.6 Å². The number of nitrogens with one attached hydrogen (secondary N) is 1. The Bertz CT molecular complexity index is 1330. The number of pyridine rings is 1. The third-order valence-electron chi connectivity index (χ3n) is 7.02. The maximum absolute atomic E-state index is 11.3. The molecule has 1 aliphatic heterocycles. The summed E-state index contributed by atoms with van der Waals surface area (Å²) in [6.45, 7) is 4.77.